The van der Waals surface area contributed by atoms with Crippen molar-refractivity contribution in [3.8, 4) is 11.5 Å². The van der Waals surface area contributed by atoms with Crippen molar-refractivity contribution in [1.82, 2.24) is 9.78 Å². The quantitative estimate of drug-likeness (QED) is 0.749. The Morgan fingerprint density at radius 1 is 1.29 bits per heavy atom. The van der Waals surface area contributed by atoms with Crippen molar-refractivity contribution < 1.29 is 14.3 Å². The van der Waals surface area contributed by atoms with Crippen LogP contribution in [0.5, 0.6) is 11.5 Å². The Labute approximate surface area is 132 Å². The second-order valence-corrected chi connectivity index (χ2v) is 5.30. The maximum atomic E-state index is 12.4. The number of aromatic nitrogens is 2. The van der Waals surface area contributed by atoms with Crippen LogP contribution in [0.4, 0.5) is 0 Å². The van der Waals surface area contributed by atoms with E-state index in [4.69, 9.17) is 9.47 Å². The van der Waals surface area contributed by atoms with Crippen molar-refractivity contribution in [3.63, 3.8) is 0 Å². The second-order valence-electron chi connectivity index (χ2n) is 4.44. The molecule has 2 aromatic rings. The molecule has 0 aliphatic rings. The van der Waals surface area contributed by atoms with Gasteiger partial charge in [-0.3, -0.25) is 9.48 Å². The average Bonchev–Trinajstić information content (AvgIpc) is 2.86. The van der Waals surface area contributed by atoms with Crippen molar-refractivity contribution >= 4 is 21.7 Å². The highest BCUT2D eigenvalue weighted by atomic mass is 79.9. The normalized spacial score (nSPS) is 10.5. The third kappa shape index (κ3) is 3.26. The first-order chi connectivity index (χ1) is 10.1. The van der Waals surface area contributed by atoms with Gasteiger partial charge in [-0.25, -0.2) is 0 Å². The van der Waals surface area contributed by atoms with Crippen LogP contribution in [-0.2, 0) is 13.0 Å². The Balaban J connectivity index is 2.24. The molecule has 21 heavy (non-hydrogen) atoms. The largest absolute Gasteiger partial charge is 0.493 e. The summed E-state index contributed by atoms with van der Waals surface area (Å²) in [5, 5.41) is 4.22. The molecule has 0 amide bonds. The summed E-state index contributed by atoms with van der Waals surface area (Å²) >= 11 is 3.43. The minimum atomic E-state index is -0.0266. The van der Waals surface area contributed by atoms with E-state index in [1.807, 2.05) is 6.92 Å². The molecule has 6 heteroatoms. The molecule has 0 spiro atoms. The zero-order valence-electron chi connectivity index (χ0n) is 12.2. The molecule has 0 bridgehead atoms. The highest BCUT2D eigenvalue weighted by molar-refractivity contribution is 9.10. The molecule has 1 aromatic carbocycles. The molecule has 0 saturated carbocycles. The number of carbonyl (C=O) groups is 1. The Morgan fingerprint density at radius 2 is 2.00 bits per heavy atom. The van der Waals surface area contributed by atoms with E-state index in [9.17, 15) is 4.79 Å². The van der Waals surface area contributed by atoms with Gasteiger partial charge in [-0.2, -0.15) is 5.10 Å². The number of hydrogen-bond donors (Lipinski definition) is 0. The molecule has 0 aliphatic carbocycles. The van der Waals surface area contributed by atoms with Crippen LogP contribution in [0.1, 0.15) is 23.0 Å². The number of halogens is 1. The van der Waals surface area contributed by atoms with E-state index in [2.05, 4.69) is 21.0 Å². The third-order valence-corrected chi connectivity index (χ3v) is 3.89. The van der Waals surface area contributed by atoms with E-state index in [1.54, 1.807) is 43.3 Å². The summed E-state index contributed by atoms with van der Waals surface area (Å²) in [4.78, 5) is 12.4. The van der Waals surface area contributed by atoms with Crippen molar-refractivity contribution in [3.05, 3.63) is 40.1 Å². The van der Waals surface area contributed by atoms with Gasteiger partial charge in [-0.15, -0.1) is 0 Å². The fraction of sp³-hybridized carbons (Fsp3) is 0.333. The highest BCUT2D eigenvalue weighted by Gasteiger charge is 2.14. The van der Waals surface area contributed by atoms with Crippen molar-refractivity contribution in [2.24, 2.45) is 0 Å². The molecule has 0 fully saturated rings. The summed E-state index contributed by atoms with van der Waals surface area (Å²) in [6, 6.07) is 5.14. The van der Waals surface area contributed by atoms with Crippen LogP contribution < -0.4 is 9.47 Å². The van der Waals surface area contributed by atoms with Gasteiger partial charge in [0.2, 0.25) is 0 Å². The predicted octanol–water partition coefficient (Wildman–Crippen LogP) is 3.11. The van der Waals surface area contributed by atoms with Gasteiger partial charge in [0.25, 0.3) is 0 Å². The number of hydrogen-bond acceptors (Lipinski definition) is 4. The maximum Gasteiger partial charge on any atom is 0.184 e. The Morgan fingerprint density at radius 3 is 2.62 bits per heavy atom. The number of ketones is 1. The standard InChI is InChI=1S/C15H17BrN2O3/c1-4-12-11(16)8-17-18(12)9-13(19)10-5-6-14(20-2)15(7-10)21-3/h5-8H,4,9H2,1-3H3. The van der Waals surface area contributed by atoms with E-state index in [0.29, 0.717) is 17.1 Å². The van der Waals surface area contributed by atoms with Crippen LogP contribution in [0.15, 0.2) is 28.9 Å². The molecule has 1 aromatic heterocycles. The number of ether oxygens (including phenoxy) is 2. The Hall–Kier alpha value is -1.82. The highest BCUT2D eigenvalue weighted by Crippen LogP contribution is 2.28. The third-order valence-electron chi connectivity index (χ3n) is 3.23. The van der Waals surface area contributed by atoms with Gasteiger partial charge in [0.15, 0.2) is 17.3 Å². The molecule has 0 atom stereocenters. The first-order valence-corrected chi connectivity index (χ1v) is 7.35. The van der Waals surface area contributed by atoms with E-state index >= 15 is 0 Å². The van der Waals surface area contributed by atoms with Crippen molar-refractivity contribution in [1.29, 1.82) is 0 Å². The van der Waals surface area contributed by atoms with Crippen LogP contribution in [0, 0.1) is 0 Å². The molecule has 112 valence electrons. The minimum absolute atomic E-state index is 0.0266. The lowest BCUT2D eigenvalue weighted by Crippen LogP contribution is -2.14. The molecule has 5 nitrogen and oxygen atoms in total. The molecule has 0 saturated heterocycles. The van der Waals surface area contributed by atoms with Crippen molar-refractivity contribution in [2.45, 2.75) is 19.9 Å². The molecule has 1 heterocycles. The van der Waals surface area contributed by atoms with Gasteiger partial charge in [-0.1, -0.05) is 6.92 Å². The summed E-state index contributed by atoms with van der Waals surface area (Å²) in [5.74, 6) is 1.12. The Kier molecular flexibility index (Phi) is 5.01. The fourth-order valence-corrected chi connectivity index (χ4v) is 2.69. The first-order valence-electron chi connectivity index (χ1n) is 6.56. The van der Waals surface area contributed by atoms with Gasteiger partial charge in [-0.05, 0) is 40.5 Å². The predicted molar refractivity (Wildman–Crippen MR) is 83.2 cm³/mol. The lowest BCUT2D eigenvalue weighted by Gasteiger charge is -2.10. The van der Waals surface area contributed by atoms with Gasteiger partial charge in [0.05, 0.1) is 30.6 Å². The van der Waals surface area contributed by atoms with Crippen LogP contribution in [-0.4, -0.2) is 29.8 Å². The summed E-state index contributed by atoms with van der Waals surface area (Å²) in [6.45, 7) is 2.23. The van der Waals surface area contributed by atoms with Gasteiger partial charge < -0.3 is 9.47 Å². The molecular formula is C15H17BrN2O3. The van der Waals surface area contributed by atoms with Gasteiger partial charge >= 0.3 is 0 Å². The van der Waals surface area contributed by atoms with E-state index in [-0.39, 0.29) is 12.3 Å². The monoisotopic (exact) mass is 352 g/mol. The van der Waals surface area contributed by atoms with E-state index in [0.717, 1.165) is 16.6 Å². The second kappa shape index (κ2) is 6.76. The van der Waals surface area contributed by atoms with E-state index in [1.165, 1.54) is 0 Å². The first kappa shape index (κ1) is 15.6. The van der Waals surface area contributed by atoms with E-state index < -0.39 is 0 Å². The number of carbonyl (C=O) groups excluding carboxylic acids is 1. The zero-order chi connectivity index (χ0) is 15.4. The number of benzene rings is 1. The van der Waals surface area contributed by atoms with Gasteiger partial charge in [0.1, 0.15) is 6.54 Å². The topological polar surface area (TPSA) is 53.4 Å². The summed E-state index contributed by atoms with van der Waals surface area (Å²) in [6.07, 6.45) is 2.51. The summed E-state index contributed by atoms with van der Waals surface area (Å²) in [7, 11) is 3.11. The van der Waals surface area contributed by atoms with Crippen LogP contribution in [0.25, 0.3) is 0 Å². The summed E-state index contributed by atoms with van der Waals surface area (Å²) in [5.41, 5.74) is 1.57. The number of nitrogens with zero attached hydrogens (tertiary/aromatic N) is 2. The SMILES string of the molecule is CCc1c(Br)cnn1CC(=O)c1ccc(OC)c(OC)c1. The zero-order valence-corrected chi connectivity index (χ0v) is 13.8. The molecular weight excluding hydrogens is 336 g/mol. The van der Waals surface area contributed by atoms with Gasteiger partial charge in [0, 0.05) is 5.56 Å². The van der Waals surface area contributed by atoms with Crippen LogP contribution >= 0.6 is 15.9 Å². The summed E-state index contributed by atoms with van der Waals surface area (Å²) < 4.78 is 13.0. The fourth-order valence-electron chi connectivity index (χ4n) is 2.11. The van der Waals surface area contributed by atoms with Crippen LogP contribution in [0.3, 0.4) is 0 Å². The molecule has 2 rings (SSSR count). The average molecular weight is 353 g/mol. The number of rotatable bonds is 6. The van der Waals surface area contributed by atoms with Crippen LogP contribution in [0.2, 0.25) is 0 Å². The molecule has 0 N–H and O–H groups in total. The number of methoxy groups -OCH3 is 2. The van der Waals surface area contributed by atoms with Crippen molar-refractivity contribution in [2.75, 3.05) is 14.2 Å². The maximum absolute atomic E-state index is 12.4. The molecule has 0 aliphatic heterocycles. The molecule has 0 unspecified atom stereocenters. The number of Topliss-reactive ketones (excluding diaryl/α,β-unsaturated/α-hetero) is 1. The smallest absolute Gasteiger partial charge is 0.184 e. The lowest BCUT2D eigenvalue weighted by atomic mass is 10.1. The molecule has 0 radical (unpaired) electrons. The Bertz CT molecular complexity index is 652. The minimum Gasteiger partial charge on any atom is -0.493 e. The lowest BCUT2D eigenvalue weighted by molar-refractivity contribution is 0.0966.